The van der Waals surface area contributed by atoms with E-state index in [9.17, 15) is 4.79 Å². The smallest absolute Gasteiger partial charge is 0.247 e. The van der Waals surface area contributed by atoms with Crippen molar-refractivity contribution in [1.82, 2.24) is 4.90 Å². The lowest BCUT2D eigenvalue weighted by Crippen LogP contribution is -2.28. The lowest BCUT2D eigenvalue weighted by molar-refractivity contribution is -0.127. The molecule has 2 aromatic carbocycles. The molecule has 0 N–H and O–H groups in total. The van der Waals surface area contributed by atoms with Gasteiger partial charge in [-0.05, 0) is 41.3 Å². The average molecular weight is 394 g/mol. The lowest BCUT2D eigenvalue weighted by atomic mass is 10.1. The molecule has 0 saturated heterocycles. The summed E-state index contributed by atoms with van der Waals surface area (Å²) < 4.78 is 10.6. The van der Waals surface area contributed by atoms with Gasteiger partial charge >= 0.3 is 0 Å². The van der Waals surface area contributed by atoms with Crippen molar-refractivity contribution in [3.05, 3.63) is 88.1 Å². The molecule has 0 aliphatic carbocycles. The van der Waals surface area contributed by atoms with Crippen LogP contribution in [0, 0.1) is 0 Å². The molecule has 28 heavy (non-hydrogen) atoms. The van der Waals surface area contributed by atoms with Crippen molar-refractivity contribution < 1.29 is 14.3 Å². The standard InChI is InChI=1S/C23H23NO3S/c1-26-20-12-9-18(10-13-20)11-14-23(25)24(17-21-7-5-15-28-21)16-19-6-3-4-8-22(19)27-2/h3-15H,16-17H2,1-2H3/b14-11+. The SMILES string of the molecule is COc1ccc(/C=C/C(=O)N(Cc2cccs2)Cc2ccccc2OC)cc1. The number of hydrogen-bond acceptors (Lipinski definition) is 4. The molecule has 0 unspecified atom stereocenters. The van der Waals surface area contributed by atoms with Crippen LogP contribution in [0.5, 0.6) is 11.5 Å². The molecule has 1 aromatic heterocycles. The van der Waals surface area contributed by atoms with Crippen LogP contribution in [0.1, 0.15) is 16.0 Å². The van der Waals surface area contributed by atoms with Crippen molar-refractivity contribution in [3.63, 3.8) is 0 Å². The summed E-state index contributed by atoms with van der Waals surface area (Å²) in [4.78, 5) is 15.9. The fourth-order valence-corrected chi connectivity index (χ4v) is 3.55. The Morgan fingerprint density at radius 1 is 0.964 bits per heavy atom. The summed E-state index contributed by atoms with van der Waals surface area (Å²) in [6, 6.07) is 19.4. The summed E-state index contributed by atoms with van der Waals surface area (Å²) in [5.41, 5.74) is 1.93. The van der Waals surface area contributed by atoms with Gasteiger partial charge in [0.15, 0.2) is 0 Å². The van der Waals surface area contributed by atoms with E-state index < -0.39 is 0 Å². The van der Waals surface area contributed by atoms with E-state index in [-0.39, 0.29) is 5.91 Å². The average Bonchev–Trinajstić information content (AvgIpc) is 3.25. The minimum absolute atomic E-state index is 0.0462. The Morgan fingerprint density at radius 3 is 2.43 bits per heavy atom. The maximum Gasteiger partial charge on any atom is 0.247 e. The van der Waals surface area contributed by atoms with Crippen LogP contribution in [-0.2, 0) is 17.9 Å². The number of para-hydroxylation sites is 1. The van der Waals surface area contributed by atoms with E-state index in [2.05, 4.69) is 0 Å². The summed E-state index contributed by atoms with van der Waals surface area (Å²) in [6.45, 7) is 1.04. The Hall–Kier alpha value is -3.05. The van der Waals surface area contributed by atoms with Crippen LogP contribution in [0.15, 0.2) is 72.1 Å². The molecule has 0 saturated carbocycles. The third-order valence-electron chi connectivity index (χ3n) is 4.33. The number of hydrogen-bond donors (Lipinski definition) is 0. The zero-order valence-electron chi connectivity index (χ0n) is 16.0. The van der Waals surface area contributed by atoms with Crippen molar-refractivity contribution in [3.8, 4) is 11.5 Å². The first-order valence-corrected chi connectivity index (χ1v) is 9.83. The van der Waals surface area contributed by atoms with E-state index in [0.29, 0.717) is 13.1 Å². The molecule has 144 valence electrons. The van der Waals surface area contributed by atoms with Crippen molar-refractivity contribution in [1.29, 1.82) is 0 Å². The van der Waals surface area contributed by atoms with Crippen LogP contribution in [-0.4, -0.2) is 25.0 Å². The van der Waals surface area contributed by atoms with Crippen molar-refractivity contribution in [2.45, 2.75) is 13.1 Å². The van der Waals surface area contributed by atoms with Crippen LogP contribution in [0.25, 0.3) is 6.08 Å². The largest absolute Gasteiger partial charge is 0.497 e. The normalized spacial score (nSPS) is 10.8. The first-order chi connectivity index (χ1) is 13.7. The third-order valence-corrected chi connectivity index (χ3v) is 5.19. The second kappa shape index (κ2) is 9.76. The van der Waals surface area contributed by atoms with Crippen molar-refractivity contribution >= 4 is 23.3 Å². The molecule has 0 fully saturated rings. The first-order valence-electron chi connectivity index (χ1n) is 8.95. The Balaban J connectivity index is 1.78. The predicted octanol–water partition coefficient (Wildman–Crippen LogP) is 5.01. The second-order valence-electron chi connectivity index (χ2n) is 6.19. The van der Waals surface area contributed by atoms with E-state index in [4.69, 9.17) is 9.47 Å². The first kappa shape index (κ1) is 19.7. The summed E-state index contributed by atoms with van der Waals surface area (Å²) in [5, 5.41) is 2.02. The number of thiophene rings is 1. The Labute approximate surface area is 169 Å². The van der Waals surface area contributed by atoms with E-state index in [0.717, 1.165) is 27.5 Å². The van der Waals surface area contributed by atoms with Crippen molar-refractivity contribution in [2.75, 3.05) is 14.2 Å². The third kappa shape index (κ3) is 5.24. The number of carbonyl (C=O) groups excluding carboxylic acids is 1. The minimum Gasteiger partial charge on any atom is -0.497 e. The highest BCUT2D eigenvalue weighted by Gasteiger charge is 2.15. The number of benzene rings is 2. The molecule has 0 spiro atoms. The van der Waals surface area contributed by atoms with Gasteiger partial charge in [-0.2, -0.15) is 0 Å². The maximum absolute atomic E-state index is 12.9. The highest BCUT2D eigenvalue weighted by Crippen LogP contribution is 2.22. The molecule has 3 aromatic rings. The molecule has 0 radical (unpaired) electrons. The molecule has 4 nitrogen and oxygen atoms in total. The number of rotatable bonds is 8. The summed E-state index contributed by atoms with van der Waals surface area (Å²) in [5.74, 6) is 1.53. The fourth-order valence-electron chi connectivity index (χ4n) is 2.83. The van der Waals surface area contributed by atoms with Gasteiger partial charge in [0.2, 0.25) is 5.91 Å². The summed E-state index contributed by atoms with van der Waals surface area (Å²) >= 11 is 1.64. The molecule has 0 bridgehead atoms. The van der Waals surface area contributed by atoms with Crippen molar-refractivity contribution in [2.24, 2.45) is 0 Å². The fraction of sp³-hybridized carbons (Fsp3) is 0.174. The van der Waals surface area contributed by atoms with Gasteiger partial charge in [-0.15, -0.1) is 11.3 Å². The predicted molar refractivity (Wildman–Crippen MR) is 114 cm³/mol. The zero-order chi connectivity index (χ0) is 19.8. The van der Waals surface area contributed by atoms with Gasteiger partial charge < -0.3 is 14.4 Å². The Morgan fingerprint density at radius 2 is 1.75 bits per heavy atom. The van der Waals surface area contributed by atoms with Crippen LogP contribution in [0.2, 0.25) is 0 Å². The molecule has 1 amide bonds. The minimum atomic E-state index is -0.0462. The topological polar surface area (TPSA) is 38.8 Å². The molecule has 0 atom stereocenters. The molecule has 5 heteroatoms. The molecule has 0 aliphatic rings. The highest BCUT2D eigenvalue weighted by molar-refractivity contribution is 7.09. The number of amides is 1. The monoisotopic (exact) mass is 393 g/mol. The van der Waals surface area contributed by atoms with Crippen LogP contribution < -0.4 is 9.47 Å². The van der Waals surface area contributed by atoms with Gasteiger partial charge in [0.25, 0.3) is 0 Å². The lowest BCUT2D eigenvalue weighted by Gasteiger charge is -2.22. The van der Waals surface area contributed by atoms with Gasteiger partial charge in [0, 0.05) is 23.1 Å². The van der Waals surface area contributed by atoms with Crippen LogP contribution >= 0.6 is 11.3 Å². The van der Waals surface area contributed by atoms with Crippen LogP contribution in [0.3, 0.4) is 0 Å². The number of carbonyl (C=O) groups is 1. The van der Waals surface area contributed by atoms with E-state index in [1.54, 1.807) is 31.6 Å². The van der Waals surface area contributed by atoms with Gasteiger partial charge in [0.1, 0.15) is 11.5 Å². The quantitative estimate of drug-likeness (QED) is 0.505. The molecule has 3 rings (SSSR count). The highest BCUT2D eigenvalue weighted by atomic mass is 32.1. The van der Waals surface area contributed by atoms with Gasteiger partial charge in [0.05, 0.1) is 20.8 Å². The molecule has 0 aliphatic heterocycles. The summed E-state index contributed by atoms with van der Waals surface area (Å²) in [7, 11) is 3.28. The van der Waals surface area contributed by atoms with Gasteiger partial charge in [-0.25, -0.2) is 0 Å². The molecular weight excluding hydrogens is 370 g/mol. The molecule has 1 heterocycles. The zero-order valence-corrected chi connectivity index (χ0v) is 16.8. The maximum atomic E-state index is 12.9. The van der Waals surface area contributed by atoms with Crippen LogP contribution in [0.4, 0.5) is 0 Å². The number of ether oxygens (including phenoxy) is 2. The number of nitrogens with zero attached hydrogens (tertiary/aromatic N) is 1. The molecular formula is C23H23NO3S. The Bertz CT molecular complexity index is 917. The van der Waals surface area contributed by atoms with Gasteiger partial charge in [-0.1, -0.05) is 36.4 Å². The second-order valence-corrected chi connectivity index (χ2v) is 7.22. The van der Waals surface area contributed by atoms with E-state index >= 15 is 0 Å². The number of methoxy groups -OCH3 is 2. The van der Waals surface area contributed by atoms with E-state index in [1.807, 2.05) is 77.0 Å². The van der Waals surface area contributed by atoms with Gasteiger partial charge in [-0.3, -0.25) is 4.79 Å². The Kier molecular flexibility index (Phi) is 6.87. The van der Waals surface area contributed by atoms with E-state index in [1.165, 1.54) is 0 Å². The summed E-state index contributed by atoms with van der Waals surface area (Å²) in [6.07, 6.45) is 3.44.